The van der Waals surface area contributed by atoms with Crippen molar-refractivity contribution in [3.8, 4) is 0 Å². The Kier molecular flexibility index (Phi) is 3.82. The third kappa shape index (κ3) is 3.01. The van der Waals surface area contributed by atoms with Crippen LogP contribution in [-0.2, 0) is 11.2 Å². The molecule has 1 aliphatic heterocycles. The highest BCUT2D eigenvalue weighted by Crippen LogP contribution is 2.23. The van der Waals surface area contributed by atoms with Gasteiger partial charge in [0.05, 0.1) is 18.0 Å². The highest BCUT2D eigenvalue weighted by Gasteiger charge is 2.28. The lowest BCUT2D eigenvalue weighted by Gasteiger charge is -2.17. The van der Waals surface area contributed by atoms with Gasteiger partial charge in [-0.2, -0.15) is 5.10 Å². The summed E-state index contributed by atoms with van der Waals surface area (Å²) in [5.41, 5.74) is 2.21. The minimum absolute atomic E-state index is 0.204. The minimum Gasteiger partial charge on any atom is -0.469 e. The molecule has 3 rings (SSSR count). The quantitative estimate of drug-likeness (QED) is 0.868. The van der Waals surface area contributed by atoms with Crippen LogP contribution in [0.5, 0.6) is 0 Å². The van der Waals surface area contributed by atoms with Gasteiger partial charge in [-0.15, -0.1) is 0 Å². The number of carbonyl (C=O) groups excluding carboxylic acids is 1. The topological polar surface area (TPSA) is 51.3 Å². The molecule has 0 radical (unpaired) electrons. The second kappa shape index (κ2) is 5.76. The van der Waals surface area contributed by atoms with Crippen molar-refractivity contribution in [1.82, 2.24) is 14.7 Å². The van der Waals surface area contributed by atoms with E-state index in [2.05, 4.69) is 22.8 Å². The Hall–Kier alpha value is -2.04. The molecule has 0 bridgehead atoms. The lowest BCUT2D eigenvalue weighted by molar-refractivity contribution is -0.130. The number of hydrogen-bond donors (Lipinski definition) is 0. The summed E-state index contributed by atoms with van der Waals surface area (Å²) in [4.78, 5) is 14.2. The number of furan rings is 1. The first kappa shape index (κ1) is 13.9. The van der Waals surface area contributed by atoms with Crippen LogP contribution < -0.4 is 0 Å². The Morgan fingerprint density at radius 1 is 1.48 bits per heavy atom. The van der Waals surface area contributed by atoms with Gasteiger partial charge in [-0.05, 0) is 38.5 Å². The maximum absolute atomic E-state index is 12.3. The molecule has 112 valence electrons. The lowest BCUT2D eigenvalue weighted by Crippen LogP contribution is -2.29. The van der Waals surface area contributed by atoms with E-state index in [1.165, 1.54) is 5.69 Å². The van der Waals surface area contributed by atoms with Crippen molar-refractivity contribution in [3.63, 3.8) is 0 Å². The Morgan fingerprint density at radius 3 is 3.00 bits per heavy atom. The molecule has 0 spiro atoms. The zero-order valence-electron chi connectivity index (χ0n) is 12.6. The number of likely N-dealkylation sites (tertiary alicyclic amines) is 1. The van der Waals surface area contributed by atoms with E-state index < -0.39 is 0 Å². The number of carbonyl (C=O) groups is 1. The standard InChI is InChI=1S/C16H21N3O2/c1-12-10-13(2)19(17-12)14-7-8-18(11-14)16(20)6-5-15-4-3-9-21-15/h3-4,9-10,14H,5-8,11H2,1-2H3/t14-/m1/s1. The fraction of sp³-hybridized carbons (Fsp3) is 0.500. The molecule has 2 aromatic heterocycles. The van der Waals surface area contributed by atoms with E-state index in [1.54, 1.807) is 6.26 Å². The maximum atomic E-state index is 12.3. The molecular weight excluding hydrogens is 266 g/mol. The number of rotatable bonds is 4. The van der Waals surface area contributed by atoms with E-state index in [-0.39, 0.29) is 5.91 Å². The summed E-state index contributed by atoms with van der Waals surface area (Å²) in [6.45, 7) is 5.66. The Bertz CT molecular complexity index is 616. The van der Waals surface area contributed by atoms with E-state index >= 15 is 0 Å². The van der Waals surface area contributed by atoms with E-state index in [0.29, 0.717) is 18.9 Å². The van der Waals surface area contributed by atoms with Crippen molar-refractivity contribution in [2.45, 2.75) is 39.2 Å². The van der Waals surface area contributed by atoms with Gasteiger partial charge in [0.15, 0.2) is 0 Å². The largest absolute Gasteiger partial charge is 0.469 e. The average molecular weight is 287 g/mol. The van der Waals surface area contributed by atoms with E-state index in [0.717, 1.165) is 31.0 Å². The Labute approximate surface area is 124 Å². The molecule has 3 heterocycles. The second-order valence-corrected chi connectivity index (χ2v) is 5.73. The summed E-state index contributed by atoms with van der Waals surface area (Å²) in [6, 6.07) is 6.16. The van der Waals surface area contributed by atoms with Crippen LogP contribution in [0, 0.1) is 13.8 Å². The number of nitrogens with zero attached hydrogens (tertiary/aromatic N) is 3. The third-order valence-corrected chi connectivity index (χ3v) is 4.07. The number of hydrogen-bond acceptors (Lipinski definition) is 3. The van der Waals surface area contributed by atoms with Gasteiger partial charge < -0.3 is 9.32 Å². The summed E-state index contributed by atoms with van der Waals surface area (Å²) in [5, 5.41) is 4.54. The van der Waals surface area contributed by atoms with Crippen molar-refractivity contribution in [2.75, 3.05) is 13.1 Å². The van der Waals surface area contributed by atoms with Gasteiger partial charge in [0.1, 0.15) is 5.76 Å². The maximum Gasteiger partial charge on any atom is 0.223 e. The zero-order valence-corrected chi connectivity index (χ0v) is 12.6. The van der Waals surface area contributed by atoms with Gasteiger partial charge >= 0.3 is 0 Å². The molecule has 1 saturated heterocycles. The molecule has 1 aliphatic rings. The van der Waals surface area contributed by atoms with Crippen LogP contribution in [0.2, 0.25) is 0 Å². The molecule has 2 aromatic rings. The van der Waals surface area contributed by atoms with Gasteiger partial charge in [0, 0.05) is 31.6 Å². The summed E-state index contributed by atoms with van der Waals surface area (Å²) >= 11 is 0. The molecule has 0 N–H and O–H groups in total. The summed E-state index contributed by atoms with van der Waals surface area (Å²) in [5.74, 6) is 1.08. The summed E-state index contributed by atoms with van der Waals surface area (Å²) in [6.07, 6.45) is 3.81. The van der Waals surface area contributed by atoms with Gasteiger partial charge in [-0.1, -0.05) is 0 Å². The first-order valence-corrected chi connectivity index (χ1v) is 7.46. The molecule has 5 heteroatoms. The van der Waals surface area contributed by atoms with Crippen molar-refractivity contribution < 1.29 is 9.21 Å². The molecule has 0 aliphatic carbocycles. The monoisotopic (exact) mass is 287 g/mol. The van der Waals surface area contributed by atoms with Crippen LogP contribution in [0.1, 0.15) is 36.0 Å². The highest BCUT2D eigenvalue weighted by molar-refractivity contribution is 5.76. The molecule has 1 atom stereocenters. The zero-order chi connectivity index (χ0) is 14.8. The van der Waals surface area contributed by atoms with Gasteiger partial charge in [-0.25, -0.2) is 0 Å². The van der Waals surface area contributed by atoms with Crippen LogP contribution in [0.4, 0.5) is 0 Å². The van der Waals surface area contributed by atoms with Crippen LogP contribution in [-0.4, -0.2) is 33.7 Å². The normalized spacial score (nSPS) is 18.4. The van der Waals surface area contributed by atoms with Crippen LogP contribution in [0.15, 0.2) is 28.9 Å². The smallest absolute Gasteiger partial charge is 0.223 e. The van der Waals surface area contributed by atoms with Crippen LogP contribution >= 0.6 is 0 Å². The van der Waals surface area contributed by atoms with E-state index in [9.17, 15) is 4.79 Å². The minimum atomic E-state index is 0.204. The molecular formula is C16H21N3O2. The van der Waals surface area contributed by atoms with Crippen LogP contribution in [0.3, 0.4) is 0 Å². The number of aryl methyl sites for hydroxylation is 3. The molecule has 0 saturated carbocycles. The summed E-state index contributed by atoms with van der Waals surface area (Å²) in [7, 11) is 0. The second-order valence-electron chi connectivity index (χ2n) is 5.73. The first-order chi connectivity index (χ1) is 10.1. The van der Waals surface area contributed by atoms with Gasteiger partial charge in [0.25, 0.3) is 0 Å². The fourth-order valence-electron chi connectivity index (χ4n) is 3.03. The lowest BCUT2D eigenvalue weighted by atomic mass is 10.2. The average Bonchev–Trinajstić information content (AvgIpc) is 3.16. The Morgan fingerprint density at radius 2 is 2.33 bits per heavy atom. The first-order valence-electron chi connectivity index (χ1n) is 7.46. The predicted molar refractivity (Wildman–Crippen MR) is 79.0 cm³/mol. The fourth-order valence-corrected chi connectivity index (χ4v) is 3.03. The van der Waals surface area contributed by atoms with E-state index in [4.69, 9.17) is 4.42 Å². The summed E-state index contributed by atoms with van der Waals surface area (Å²) < 4.78 is 7.34. The van der Waals surface area contributed by atoms with Crippen molar-refractivity contribution in [3.05, 3.63) is 41.6 Å². The van der Waals surface area contributed by atoms with Gasteiger partial charge in [0.2, 0.25) is 5.91 Å². The SMILES string of the molecule is Cc1cc(C)n([C@@H]2CCN(C(=O)CCc3ccco3)C2)n1. The molecule has 21 heavy (non-hydrogen) atoms. The third-order valence-electron chi connectivity index (χ3n) is 4.07. The molecule has 1 fully saturated rings. The Balaban J connectivity index is 1.56. The molecule has 0 unspecified atom stereocenters. The number of aromatic nitrogens is 2. The predicted octanol–water partition coefficient (Wildman–Crippen LogP) is 2.50. The molecule has 1 amide bonds. The van der Waals surface area contributed by atoms with Crippen LogP contribution in [0.25, 0.3) is 0 Å². The van der Waals surface area contributed by atoms with Crippen molar-refractivity contribution in [2.24, 2.45) is 0 Å². The van der Waals surface area contributed by atoms with Gasteiger partial charge in [-0.3, -0.25) is 9.48 Å². The van der Waals surface area contributed by atoms with Crippen molar-refractivity contribution >= 4 is 5.91 Å². The number of amides is 1. The van der Waals surface area contributed by atoms with E-state index in [1.807, 2.05) is 24.0 Å². The highest BCUT2D eigenvalue weighted by atomic mass is 16.3. The molecule has 0 aromatic carbocycles. The van der Waals surface area contributed by atoms with Crippen molar-refractivity contribution in [1.29, 1.82) is 0 Å². The molecule has 5 nitrogen and oxygen atoms in total.